The number of carbonyl (C=O) groups is 1. The molecule has 10 heteroatoms. The Morgan fingerprint density at radius 3 is 2.39 bits per heavy atom. The number of piperazine rings is 1. The fourth-order valence-electron chi connectivity index (χ4n) is 4.51. The fourth-order valence-corrected chi connectivity index (χ4v) is 5.75. The Morgan fingerprint density at radius 2 is 1.66 bits per heavy atom. The van der Waals surface area contributed by atoms with Gasteiger partial charge in [0.05, 0.1) is 4.90 Å². The zero-order valence-corrected chi connectivity index (χ0v) is 22.0. The van der Waals surface area contributed by atoms with Gasteiger partial charge in [0.25, 0.3) is 5.91 Å². The van der Waals surface area contributed by atoms with Crippen LogP contribution in [0.4, 0.5) is 0 Å². The molecular weight excluding hydrogens is 506 g/mol. The van der Waals surface area contributed by atoms with Crippen LogP contribution in [0.15, 0.2) is 77.7 Å². The Labute approximate surface area is 223 Å². The molecule has 1 N–H and O–H groups in total. The molecule has 200 valence electrons. The first kappa shape index (κ1) is 26.0. The molecule has 0 aliphatic carbocycles. The van der Waals surface area contributed by atoms with E-state index in [1.807, 2.05) is 48.5 Å². The van der Waals surface area contributed by atoms with E-state index in [9.17, 15) is 13.2 Å². The number of rotatable bonds is 9. The molecule has 9 nitrogen and oxygen atoms in total. The van der Waals surface area contributed by atoms with Crippen LogP contribution in [0.3, 0.4) is 0 Å². The van der Waals surface area contributed by atoms with E-state index in [1.165, 1.54) is 12.1 Å². The van der Waals surface area contributed by atoms with Crippen LogP contribution in [0.5, 0.6) is 17.2 Å². The third-order valence-electron chi connectivity index (χ3n) is 6.70. The summed E-state index contributed by atoms with van der Waals surface area (Å²) in [6.45, 7) is 5.51. The maximum absolute atomic E-state index is 12.8. The normalized spacial score (nSPS) is 16.3. The van der Waals surface area contributed by atoms with Crippen LogP contribution < -0.4 is 18.9 Å². The predicted molar refractivity (Wildman–Crippen MR) is 142 cm³/mol. The highest BCUT2D eigenvalue weighted by Gasteiger charge is 2.23. The summed E-state index contributed by atoms with van der Waals surface area (Å²) >= 11 is 0. The highest BCUT2D eigenvalue weighted by Crippen LogP contribution is 2.33. The maximum atomic E-state index is 12.8. The van der Waals surface area contributed by atoms with Crippen LogP contribution >= 0.6 is 0 Å². The van der Waals surface area contributed by atoms with Crippen LogP contribution in [-0.4, -0.2) is 63.7 Å². The quantitative estimate of drug-likeness (QED) is 0.448. The summed E-state index contributed by atoms with van der Waals surface area (Å²) in [5.41, 5.74) is 2.02. The van der Waals surface area contributed by atoms with Gasteiger partial charge >= 0.3 is 0 Å². The lowest BCUT2D eigenvalue weighted by Crippen LogP contribution is -2.49. The number of ether oxygens (including phenoxy) is 3. The zero-order valence-electron chi connectivity index (χ0n) is 21.2. The molecule has 3 aromatic carbocycles. The first-order valence-corrected chi connectivity index (χ1v) is 14.0. The van der Waals surface area contributed by atoms with E-state index in [-0.39, 0.29) is 30.2 Å². The van der Waals surface area contributed by atoms with E-state index >= 15 is 0 Å². The number of fused-ring (bicyclic) bond motifs is 1. The second-order valence-corrected chi connectivity index (χ2v) is 11.1. The van der Waals surface area contributed by atoms with Crippen molar-refractivity contribution in [2.45, 2.75) is 24.4 Å². The minimum Gasteiger partial charge on any atom is -0.484 e. The van der Waals surface area contributed by atoms with Crippen molar-refractivity contribution in [2.75, 3.05) is 39.6 Å². The van der Waals surface area contributed by atoms with Gasteiger partial charge in [-0.1, -0.05) is 36.4 Å². The lowest BCUT2D eigenvalue weighted by Gasteiger charge is -2.34. The lowest BCUT2D eigenvalue weighted by molar-refractivity contribution is -0.135. The smallest absolute Gasteiger partial charge is 0.260 e. The molecular formula is C28H31N3O6S. The van der Waals surface area contributed by atoms with Crippen molar-refractivity contribution in [3.05, 3.63) is 83.9 Å². The van der Waals surface area contributed by atoms with Gasteiger partial charge in [-0.15, -0.1) is 0 Å². The number of sulfonamides is 1. The van der Waals surface area contributed by atoms with E-state index in [1.54, 1.807) is 24.0 Å². The standard InChI is InChI=1S/C28H31N3O6S/c1-21(23-5-3-2-4-6-23)29-38(33,34)25-10-8-24(9-11-25)35-19-28(32)31-15-13-30(14-16-31)18-22-7-12-26-27(17-22)37-20-36-26/h2-12,17,21,29H,13-16,18-20H2,1H3. The first-order chi connectivity index (χ1) is 18.4. The van der Waals surface area contributed by atoms with Crippen molar-refractivity contribution >= 4 is 15.9 Å². The van der Waals surface area contributed by atoms with Crippen molar-refractivity contribution in [2.24, 2.45) is 0 Å². The molecule has 0 saturated carbocycles. The zero-order chi connectivity index (χ0) is 26.5. The molecule has 1 unspecified atom stereocenters. The van der Waals surface area contributed by atoms with E-state index in [4.69, 9.17) is 14.2 Å². The highest BCUT2D eigenvalue weighted by molar-refractivity contribution is 7.89. The fraction of sp³-hybridized carbons (Fsp3) is 0.321. The summed E-state index contributed by atoms with van der Waals surface area (Å²) in [6, 6.07) is 21.1. The van der Waals surface area contributed by atoms with Gasteiger partial charge in [0.2, 0.25) is 16.8 Å². The monoisotopic (exact) mass is 537 g/mol. The van der Waals surface area contributed by atoms with Crippen molar-refractivity contribution in [3.8, 4) is 17.2 Å². The molecule has 0 bridgehead atoms. The van der Waals surface area contributed by atoms with Gasteiger partial charge in [0.15, 0.2) is 18.1 Å². The Balaban J connectivity index is 1.07. The van der Waals surface area contributed by atoms with Gasteiger partial charge in [-0.25, -0.2) is 13.1 Å². The van der Waals surface area contributed by atoms with Crippen LogP contribution in [0, 0.1) is 0 Å². The second kappa shape index (κ2) is 11.4. The van der Waals surface area contributed by atoms with Crippen LogP contribution in [-0.2, 0) is 21.4 Å². The highest BCUT2D eigenvalue weighted by atomic mass is 32.2. The first-order valence-electron chi connectivity index (χ1n) is 12.6. The molecule has 1 atom stereocenters. The summed E-state index contributed by atoms with van der Waals surface area (Å²) in [5.74, 6) is 1.89. The molecule has 2 aliphatic heterocycles. The van der Waals surface area contributed by atoms with Gasteiger partial charge in [0.1, 0.15) is 5.75 Å². The topological polar surface area (TPSA) is 97.4 Å². The molecule has 1 fully saturated rings. The van der Waals surface area contributed by atoms with E-state index < -0.39 is 10.0 Å². The third kappa shape index (κ3) is 6.27. The SMILES string of the molecule is CC(NS(=O)(=O)c1ccc(OCC(=O)N2CCN(Cc3ccc4c(c3)OCO4)CC2)cc1)c1ccccc1. The summed E-state index contributed by atoms with van der Waals surface area (Å²) in [4.78, 5) is 16.9. The number of amides is 1. The van der Waals surface area contributed by atoms with Crippen LogP contribution in [0.2, 0.25) is 0 Å². The third-order valence-corrected chi connectivity index (χ3v) is 8.25. The molecule has 38 heavy (non-hydrogen) atoms. The number of nitrogens with one attached hydrogen (secondary N) is 1. The molecule has 2 aliphatic rings. The van der Waals surface area contributed by atoms with Gasteiger partial charge < -0.3 is 19.1 Å². The number of nitrogens with zero attached hydrogens (tertiary/aromatic N) is 2. The average Bonchev–Trinajstić information content (AvgIpc) is 3.41. The van der Waals surface area contributed by atoms with E-state index in [2.05, 4.69) is 9.62 Å². The summed E-state index contributed by atoms with van der Waals surface area (Å²) in [7, 11) is -3.70. The minimum absolute atomic E-state index is 0.0946. The Hall–Kier alpha value is -3.60. The number of hydrogen-bond donors (Lipinski definition) is 1. The van der Waals surface area contributed by atoms with Gasteiger partial charge in [-0.3, -0.25) is 9.69 Å². The lowest BCUT2D eigenvalue weighted by atomic mass is 10.1. The van der Waals surface area contributed by atoms with Gasteiger partial charge in [0, 0.05) is 38.8 Å². The maximum Gasteiger partial charge on any atom is 0.260 e. The van der Waals surface area contributed by atoms with Gasteiger partial charge in [-0.05, 0) is 54.4 Å². The minimum atomic E-state index is -3.70. The van der Waals surface area contributed by atoms with Gasteiger partial charge in [-0.2, -0.15) is 0 Å². The van der Waals surface area contributed by atoms with Crippen molar-refractivity contribution < 1.29 is 27.4 Å². The molecule has 2 heterocycles. The number of carbonyl (C=O) groups excluding carboxylic acids is 1. The van der Waals surface area contributed by atoms with E-state index in [0.717, 1.165) is 42.3 Å². The summed E-state index contributed by atoms with van der Waals surface area (Å²) in [5, 5.41) is 0. The van der Waals surface area contributed by atoms with Crippen molar-refractivity contribution in [3.63, 3.8) is 0 Å². The molecule has 3 aromatic rings. The summed E-state index contributed by atoms with van der Waals surface area (Å²) in [6.07, 6.45) is 0. The molecule has 0 spiro atoms. The Morgan fingerprint density at radius 1 is 0.947 bits per heavy atom. The van der Waals surface area contributed by atoms with Crippen molar-refractivity contribution in [1.29, 1.82) is 0 Å². The molecule has 0 aromatic heterocycles. The van der Waals surface area contributed by atoms with Crippen LogP contribution in [0.25, 0.3) is 0 Å². The molecule has 1 saturated heterocycles. The van der Waals surface area contributed by atoms with Crippen molar-refractivity contribution in [1.82, 2.24) is 14.5 Å². The van der Waals surface area contributed by atoms with Crippen LogP contribution in [0.1, 0.15) is 24.1 Å². The second-order valence-electron chi connectivity index (χ2n) is 9.36. The number of hydrogen-bond acceptors (Lipinski definition) is 7. The average molecular weight is 538 g/mol. The Bertz CT molecular complexity index is 1360. The molecule has 0 radical (unpaired) electrons. The Kier molecular flexibility index (Phi) is 7.82. The molecule has 1 amide bonds. The summed E-state index contributed by atoms with van der Waals surface area (Å²) < 4.78 is 44.7. The number of benzene rings is 3. The molecule has 5 rings (SSSR count). The predicted octanol–water partition coefficient (Wildman–Crippen LogP) is 3.18. The largest absolute Gasteiger partial charge is 0.484 e. The van der Waals surface area contributed by atoms with E-state index in [0.29, 0.717) is 18.8 Å².